The Morgan fingerprint density at radius 3 is 2.66 bits per heavy atom. The van der Waals surface area contributed by atoms with Crippen LogP contribution in [-0.2, 0) is 0 Å². The van der Waals surface area contributed by atoms with Crippen LogP contribution in [0.2, 0.25) is 0 Å². The third-order valence-corrected chi connectivity index (χ3v) is 6.29. The van der Waals surface area contributed by atoms with Crippen molar-refractivity contribution in [2.75, 3.05) is 52.4 Å². The highest BCUT2D eigenvalue weighted by Gasteiger charge is 2.25. The van der Waals surface area contributed by atoms with E-state index < -0.39 is 0 Å². The lowest BCUT2D eigenvalue weighted by Crippen LogP contribution is -2.39. The van der Waals surface area contributed by atoms with E-state index in [1.165, 1.54) is 58.2 Å². The number of aliphatic imine (C=N–C) groups is 1. The summed E-state index contributed by atoms with van der Waals surface area (Å²) in [6.07, 6.45) is 9.49. The standard InChI is InChI=1S/C23H41N5O/c1-3-24-23(25-12-4-5-13-27-16-10-20(2)11-17-27)26-19-21(22-9-8-18-29-22)28-14-6-7-15-28/h8-9,18,20-21H,3-7,10-17,19H2,1-2H3,(H2,24,25,26). The first kappa shape index (κ1) is 22.2. The second-order valence-corrected chi connectivity index (χ2v) is 8.65. The molecule has 1 aromatic heterocycles. The minimum atomic E-state index is 0.240. The van der Waals surface area contributed by atoms with Gasteiger partial charge in [-0.25, -0.2) is 0 Å². The number of likely N-dealkylation sites (tertiary alicyclic amines) is 2. The van der Waals surface area contributed by atoms with Crippen molar-refractivity contribution in [3.05, 3.63) is 24.2 Å². The van der Waals surface area contributed by atoms with Gasteiger partial charge in [0.25, 0.3) is 0 Å². The molecular formula is C23H41N5O. The molecule has 0 aromatic carbocycles. The van der Waals surface area contributed by atoms with E-state index in [2.05, 4.69) is 40.3 Å². The Kier molecular flexibility index (Phi) is 9.35. The van der Waals surface area contributed by atoms with E-state index in [-0.39, 0.29) is 6.04 Å². The number of guanidine groups is 1. The molecular weight excluding hydrogens is 362 g/mol. The molecule has 164 valence electrons. The molecule has 6 heteroatoms. The summed E-state index contributed by atoms with van der Waals surface area (Å²) in [6, 6.07) is 4.30. The number of piperidine rings is 1. The van der Waals surface area contributed by atoms with Crippen molar-refractivity contribution in [3.63, 3.8) is 0 Å². The molecule has 2 N–H and O–H groups in total. The van der Waals surface area contributed by atoms with Crippen LogP contribution in [0.3, 0.4) is 0 Å². The quantitative estimate of drug-likeness (QED) is 0.356. The van der Waals surface area contributed by atoms with Gasteiger partial charge in [-0.05, 0) is 96.2 Å². The number of furan rings is 1. The Labute approximate surface area is 177 Å². The number of hydrogen-bond acceptors (Lipinski definition) is 4. The van der Waals surface area contributed by atoms with Crippen molar-refractivity contribution in [1.29, 1.82) is 0 Å². The summed E-state index contributed by atoms with van der Waals surface area (Å²) in [5.74, 6) is 2.87. The van der Waals surface area contributed by atoms with E-state index in [0.717, 1.165) is 50.4 Å². The topological polar surface area (TPSA) is 56.0 Å². The molecule has 2 aliphatic rings. The molecule has 0 bridgehead atoms. The van der Waals surface area contributed by atoms with Crippen molar-refractivity contribution >= 4 is 5.96 Å². The normalized spacial score (nSPS) is 20.8. The maximum Gasteiger partial charge on any atom is 0.191 e. The molecule has 6 nitrogen and oxygen atoms in total. The number of nitrogens with one attached hydrogen (secondary N) is 2. The molecule has 0 saturated carbocycles. The molecule has 0 radical (unpaired) electrons. The number of nitrogens with zero attached hydrogens (tertiary/aromatic N) is 3. The highest BCUT2D eigenvalue weighted by atomic mass is 16.3. The summed E-state index contributed by atoms with van der Waals surface area (Å²) >= 11 is 0. The predicted molar refractivity (Wildman–Crippen MR) is 120 cm³/mol. The minimum Gasteiger partial charge on any atom is -0.468 e. The van der Waals surface area contributed by atoms with Crippen LogP contribution in [0.5, 0.6) is 0 Å². The molecule has 1 unspecified atom stereocenters. The predicted octanol–water partition coefficient (Wildman–Crippen LogP) is 3.48. The molecule has 1 atom stereocenters. The maximum absolute atomic E-state index is 5.72. The smallest absolute Gasteiger partial charge is 0.191 e. The van der Waals surface area contributed by atoms with Gasteiger partial charge >= 0.3 is 0 Å². The highest BCUT2D eigenvalue weighted by Crippen LogP contribution is 2.25. The van der Waals surface area contributed by atoms with Gasteiger partial charge in [0, 0.05) is 13.1 Å². The van der Waals surface area contributed by atoms with Gasteiger partial charge in [0.05, 0.1) is 18.8 Å². The van der Waals surface area contributed by atoms with Gasteiger partial charge in [0.2, 0.25) is 0 Å². The average molecular weight is 404 g/mol. The first-order valence-electron chi connectivity index (χ1n) is 11.8. The molecule has 0 spiro atoms. The second kappa shape index (κ2) is 12.2. The molecule has 29 heavy (non-hydrogen) atoms. The van der Waals surface area contributed by atoms with Crippen LogP contribution >= 0.6 is 0 Å². The summed E-state index contributed by atoms with van der Waals surface area (Å²) in [5.41, 5.74) is 0. The number of unbranched alkanes of at least 4 members (excludes halogenated alkanes) is 1. The van der Waals surface area contributed by atoms with E-state index in [0.29, 0.717) is 0 Å². The van der Waals surface area contributed by atoms with Crippen LogP contribution in [0, 0.1) is 5.92 Å². The second-order valence-electron chi connectivity index (χ2n) is 8.65. The van der Waals surface area contributed by atoms with Gasteiger partial charge in [-0.1, -0.05) is 6.92 Å². The lowest BCUT2D eigenvalue weighted by atomic mass is 9.99. The van der Waals surface area contributed by atoms with E-state index in [1.54, 1.807) is 6.26 Å². The SMILES string of the molecule is CCNC(=NCC(c1ccco1)N1CCCC1)NCCCCN1CCC(C)CC1. The Hall–Kier alpha value is -1.53. The summed E-state index contributed by atoms with van der Waals surface area (Å²) in [5, 5.41) is 6.93. The van der Waals surface area contributed by atoms with Gasteiger partial charge in [-0.3, -0.25) is 9.89 Å². The van der Waals surface area contributed by atoms with Gasteiger partial charge < -0.3 is 20.0 Å². The Morgan fingerprint density at radius 2 is 1.97 bits per heavy atom. The summed E-state index contributed by atoms with van der Waals surface area (Å²) in [6.45, 7) is 13.2. The highest BCUT2D eigenvalue weighted by molar-refractivity contribution is 5.79. The van der Waals surface area contributed by atoms with E-state index >= 15 is 0 Å². The van der Waals surface area contributed by atoms with Crippen LogP contribution in [0.1, 0.15) is 64.2 Å². The van der Waals surface area contributed by atoms with Gasteiger partial charge in [0.15, 0.2) is 5.96 Å². The Morgan fingerprint density at radius 1 is 1.17 bits per heavy atom. The molecule has 0 amide bonds. The number of rotatable bonds is 10. The fourth-order valence-corrected chi connectivity index (χ4v) is 4.39. The lowest BCUT2D eigenvalue weighted by Gasteiger charge is -2.30. The van der Waals surface area contributed by atoms with Crippen LogP contribution in [0.15, 0.2) is 27.8 Å². The first-order valence-corrected chi connectivity index (χ1v) is 11.8. The Balaban J connectivity index is 1.42. The maximum atomic E-state index is 5.72. The van der Waals surface area contributed by atoms with Crippen molar-refractivity contribution in [2.24, 2.45) is 10.9 Å². The van der Waals surface area contributed by atoms with Crippen molar-refractivity contribution in [1.82, 2.24) is 20.4 Å². The van der Waals surface area contributed by atoms with Gasteiger partial charge in [-0.15, -0.1) is 0 Å². The third kappa shape index (κ3) is 7.34. The largest absolute Gasteiger partial charge is 0.468 e. The summed E-state index contributed by atoms with van der Waals surface area (Å²) in [4.78, 5) is 10.0. The monoisotopic (exact) mass is 403 g/mol. The van der Waals surface area contributed by atoms with Crippen LogP contribution in [0.25, 0.3) is 0 Å². The van der Waals surface area contributed by atoms with E-state index in [9.17, 15) is 0 Å². The fourth-order valence-electron chi connectivity index (χ4n) is 4.39. The van der Waals surface area contributed by atoms with Gasteiger partial charge in [-0.2, -0.15) is 0 Å². The van der Waals surface area contributed by atoms with Crippen LogP contribution in [-0.4, -0.2) is 68.1 Å². The van der Waals surface area contributed by atoms with Crippen molar-refractivity contribution < 1.29 is 4.42 Å². The minimum absolute atomic E-state index is 0.240. The zero-order valence-corrected chi connectivity index (χ0v) is 18.5. The van der Waals surface area contributed by atoms with Gasteiger partial charge in [0.1, 0.15) is 5.76 Å². The van der Waals surface area contributed by atoms with Crippen molar-refractivity contribution in [3.8, 4) is 0 Å². The number of hydrogen-bond donors (Lipinski definition) is 2. The van der Waals surface area contributed by atoms with Crippen LogP contribution in [0.4, 0.5) is 0 Å². The van der Waals surface area contributed by atoms with Crippen LogP contribution < -0.4 is 10.6 Å². The molecule has 2 aliphatic heterocycles. The molecule has 2 fully saturated rings. The third-order valence-electron chi connectivity index (χ3n) is 6.29. The average Bonchev–Trinajstić information content (AvgIpc) is 3.44. The lowest BCUT2D eigenvalue weighted by molar-refractivity contribution is 0.189. The summed E-state index contributed by atoms with van der Waals surface area (Å²) < 4.78 is 5.72. The fraction of sp³-hybridized carbons (Fsp3) is 0.783. The molecule has 3 heterocycles. The van der Waals surface area contributed by atoms with E-state index in [1.807, 2.05) is 6.07 Å². The van der Waals surface area contributed by atoms with Crippen molar-refractivity contribution in [2.45, 2.75) is 58.4 Å². The zero-order valence-electron chi connectivity index (χ0n) is 18.5. The Bertz CT molecular complexity index is 574. The first-order chi connectivity index (χ1) is 14.3. The molecule has 3 rings (SSSR count). The summed E-state index contributed by atoms with van der Waals surface area (Å²) in [7, 11) is 0. The molecule has 2 saturated heterocycles. The van der Waals surface area contributed by atoms with E-state index in [4.69, 9.17) is 9.41 Å². The molecule has 0 aliphatic carbocycles. The molecule has 1 aromatic rings. The zero-order chi connectivity index (χ0) is 20.3.